The van der Waals surface area contributed by atoms with Gasteiger partial charge in [-0.05, 0) is 24.3 Å². The van der Waals surface area contributed by atoms with E-state index in [4.69, 9.17) is 4.42 Å². The van der Waals surface area contributed by atoms with Crippen LogP contribution in [0.4, 0.5) is 0 Å². The van der Waals surface area contributed by atoms with Crippen molar-refractivity contribution >= 4 is 16.9 Å². The van der Waals surface area contributed by atoms with Gasteiger partial charge in [-0.2, -0.15) is 0 Å². The number of furan rings is 1. The highest BCUT2D eigenvalue weighted by atomic mass is 16.5. The van der Waals surface area contributed by atoms with Crippen molar-refractivity contribution in [1.82, 2.24) is 0 Å². The van der Waals surface area contributed by atoms with Crippen LogP contribution in [0.15, 0.2) is 34.9 Å². The molecule has 0 fully saturated rings. The van der Waals surface area contributed by atoms with Gasteiger partial charge in [0.15, 0.2) is 0 Å². The molecule has 0 unspecified atom stereocenters. The predicted molar refractivity (Wildman–Crippen MR) is 55.1 cm³/mol. The van der Waals surface area contributed by atoms with Crippen molar-refractivity contribution in [3.8, 4) is 11.8 Å². The van der Waals surface area contributed by atoms with Crippen LogP contribution in [-0.2, 0) is 9.53 Å². The summed E-state index contributed by atoms with van der Waals surface area (Å²) in [7, 11) is 1.30. The lowest BCUT2D eigenvalue weighted by molar-refractivity contribution is -0.133. The largest absolute Gasteiger partial charge is 0.464 e. The molecule has 1 aromatic heterocycles. The second kappa shape index (κ2) is 3.89. The number of carbonyl (C=O) groups is 1. The van der Waals surface area contributed by atoms with E-state index in [0.717, 1.165) is 16.5 Å². The van der Waals surface area contributed by atoms with E-state index in [-0.39, 0.29) is 0 Å². The van der Waals surface area contributed by atoms with Crippen LogP contribution in [0.3, 0.4) is 0 Å². The minimum absolute atomic E-state index is 0.540. The van der Waals surface area contributed by atoms with Crippen LogP contribution in [0, 0.1) is 11.8 Å². The first-order valence-corrected chi connectivity index (χ1v) is 4.37. The van der Waals surface area contributed by atoms with Crippen molar-refractivity contribution in [1.29, 1.82) is 0 Å². The van der Waals surface area contributed by atoms with E-state index in [1.165, 1.54) is 7.11 Å². The average molecular weight is 200 g/mol. The topological polar surface area (TPSA) is 39.4 Å². The average Bonchev–Trinajstić information content (AvgIpc) is 2.72. The van der Waals surface area contributed by atoms with Crippen LogP contribution in [0.25, 0.3) is 11.0 Å². The molecule has 3 heteroatoms. The first-order valence-electron chi connectivity index (χ1n) is 4.37. The molecule has 3 nitrogen and oxygen atoms in total. The van der Waals surface area contributed by atoms with Gasteiger partial charge in [-0.3, -0.25) is 0 Å². The highest BCUT2D eigenvalue weighted by Crippen LogP contribution is 2.16. The van der Waals surface area contributed by atoms with Crippen molar-refractivity contribution < 1.29 is 13.9 Å². The molecule has 0 aliphatic carbocycles. The molecule has 15 heavy (non-hydrogen) atoms. The van der Waals surface area contributed by atoms with Gasteiger partial charge in [0.1, 0.15) is 5.58 Å². The van der Waals surface area contributed by atoms with Gasteiger partial charge >= 0.3 is 5.97 Å². The molecule has 0 bridgehead atoms. The molecule has 0 saturated heterocycles. The lowest BCUT2D eigenvalue weighted by atomic mass is 10.2. The zero-order valence-electron chi connectivity index (χ0n) is 8.11. The van der Waals surface area contributed by atoms with Crippen LogP contribution in [-0.4, -0.2) is 13.1 Å². The number of hydrogen-bond donors (Lipinski definition) is 0. The van der Waals surface area contributed by atoms with Gasteiger partial charge < -0.3 is 9.15 Å². The van der Waals surface area contributed by atoms with Gasteiger partial charge in [0.25, 0.3) is 0 Å². The maximum absolute atomic E-state index is 10.8. The molecule has 0 amide bonds. The van der Waals surface area contributed by atoms with Crippen molar-refractivity contribution in [2.75, 3.05) is 7.11 Å². The summed E-state index contributed by atoms with van der Waals surface area (Å²) in [4.78, 5) is 10.8. The fourth-order valence-corrected chi connectivity index (χ4v) is 1.22. The van der Waals surface area contributed by atoms with E-state index in [2.05, 4.69) is 16.6 Å². The van der Waals surface area contributed by atoms with E-state index in [1.807, 2.05) is 18.2 Å². The Kier molecular flexibility index (Phi) is 2.42. The number of hydrogen-bond acceptors (Lipinski definition) is 3. The Morgan fingerprint density at radius 3 is 3.07 bits per heavy atom. The molecule has 1 aromatic carbocycles. The smallest absolute Gasteiger partial charge is 0.384 e. The summed E-state index contributed by atoms with van der Waals surface area (Å²) < 4.78 is 9.59. The third-order valence-electron chi connectivity index (χ3n) is 1.95. The minimum atomic E-state index is -0.540. The molecule has 0 aliphatic heterocycles. The summed E-state index contributed by atoms with van der Waals surface area (Å²) in [5.41, 5.74) is 1.56. The molecule has 1 heterocycles. The highest BCUT2D eigenvalue weighted by Gasteiger charge is 1.96. The first kappa shape index (κ1) is 9.35. The number of carbonyl (C=O) groups excluding carboxylic acids is 1. The van der Waals surface area contributed by atoms with Crippen LogP contribution >= 0.6 is 0 Å². The molecule has 2 rings (SSSR count). The van der Waals surface area contributed by atoms with Gasteiger partial charge in [0.05, 0.1) is 13.4 Å². The number of rotatable bonds is 0. The zero-order valence-corrected chi connectivity index (χ0v) is 8.11. The van der Waals surface area contributed by atoms with Gasteiger partial charge in [-0.15, -0.1) is 0 Å². The predicted octanol–water partition coefficient (Wildman–Crippen LogP) is 1.96. The maximum Gasteiger partial charge on any atom is 0.384 e. The Hall–Kier alpha value is -2.21. The highest BCUT2D eigenvalue weighted by molar-refractivity contribution is 5.89. The fraction of sp³-hybridized carbons (Fsp3) is 0.0833. The lowest BCUT2D eigenvalue weighted by Crippen LogP contribution is -1.94. The summed E-state index contributed by atoms with van der Waals surface area (Å²) in [6.07, 6.45) is 1.61. The summed E-state index contributed by atoms with van der Waals surface area (Å²) in [6.45, 7) is 0. The summed E-state index contributed by atoms with van der Waals surface area (Å²) >= 11 is 0. The monoisotopic (exact) mass is 200 g/mol. The second-order valence-corrected chi connectivity index (χ2v) is 2.91. The summed E-state index contributed by atoms with van der Waals surface area (Å²) in [5.74, 6) is 4.54. The van der Waals surface area contributed by atoms with Crippen molar-refractivity contribution in [3.63, 3.8) is 0 Å². The molecule has 2 aromatic rings. The molecule has 0 saturated carbocycles. The molecule has 0 aliphatic rings. The Bertz CT molecular complexity index is 555. The molecule has 0 N–H and O–H groups in total. The van der Waals surface area contributed by atoms with Crippen LogP contribution in [0.5, 0.6) is 0 Å². The number of benzene rings is 1. The van der Waals surface area contributed by atoms with Gasteiger partial charge in [0, 0.05) is 16.9 Å². The SMILES string of the molecule is COC(=O)C#Cc1ccc2occc2c1. The lowest BCUT2D eigenvalue weighted by Gasteiger charge is -1.90. The number of fused-ring (bicyclic) bond motifs is 1. The third kappa shape index (κ3) is 2.00. The van der Waals surface area contributed by atoms with E-state index in [1.54, 1.807) is 12.3 Å². The summed E-state index contributed by atoms with van der Waals surface area (Å²) in [6, 6.07) is 7.31. The molecule has 0 radical (unpaired) electrons. The molecule has 0 spiro atoms. The summed E-state index contributed by atoms with van der Waals surface area (Å²) in [5, 5.41) is 0.965. The van der Waals surface area contributed by atoms with Crippen molar-refractivity contribution in [2.24, 2.45) is 0 Å². The van der Waals surface area contributed by atoms with Crippen LogP contribution < -0.4 is 0 Å². The number of methoxy groups -OCH3 is 1. The Balaban J connectivity index is 2.35. The number of ether oxygens (including phenoxy) is 1. The van der Waals surface area contributed by atoms with E-state index < -0.39 is 5.97 Å². The number of esters is 1. The molecule has 0 atom stereocenters. The van der Waals surface area contributed by atoms with Gasteiger partial charge in [-0.25, -0.2) is 4.79 Å². The maximum atomic E-state index is 10.8. The quantitative estimate of drug-likeness (QED) is 0.482. The molecular formula is C12H8O3. The van der Waals surface area contributed by atoms with Gasteiger partial charge in [-0.1, -0.05) is 5.92 Å². The van der Waals surface area contributed by atoms with Crippen LogP contribution in [0.1, 0.15) is 5.56 Å². The Labute approximate surface area is 86.6 Å². The minimum Gasteiger partial charge on any atom is -0.464 e. The van der Waals surface area contributed by atoms with Crippen LogP contribution in [0.2, 0.25) is 0 Å². The molecular weight excluding hydrogens is 192 g/mol. The van der Waals surface area contributed by atoms with Crippen molar-refractivity contribution in [3.05, 3.63) is 36.1 Å². The Morgan fingerprint density at radius 2 is 2.27 bits per heavy atom. The third-order valence-corrected chi connectivity index (χ3v) is 1.95. The normalized spacial score (nSPS) is 9.40. The van der Waals surface area contributed by atoms with E-state index in [9.17, 15) is 4.79 Å². The Morgan fingerprint density at radius 1 is 1.40 bits per heavy atom. The van der Waals surface area contributed by atoms with E-state index in [0.29, 0.717) is 0 Å². The van der Waals surface area contributed by atoms with Gasteiger partial charge in [0.2, 0.25) is 0 Å². The van der Waals surface area contributed by atoms with Crippen molar-refractivity contribution in [2.45, 2.75) is 0 Å². The molecule has 74 valence electrons. The standard InChI is InChI=1S/C12H8O3/c1-14-12(13)5-3-9-2-4-11-10(8-9)6-7-15-11/h2,4,6-8H,1H3. The zero-order chi connectivity index (χ0) is 10.7. The fourth-order valence-electron chi connectivity index (χ4n) is 1.22. The second-order valence-electron chi connectivity index (χ2n) is 2.91. The van der Waals surface area contributed by atoms with E-state index >= 15 is 0 Å². The first-order chi connectivity index (χ1) is 7.29.